The summed E-state index contributed by atoms with van der Waals surface area (Å²) in [7, 11) is 0. The predicted molar refractivity (Wildman–Crippen MR) is 42.5 cm³/mol. The monoisotopic (exact) mass is 219 g/mol. The third-order valence-electron chi connectivity index (χ3n) is 1.30. The number of nitrogens with zero attached hydrogens (tertiary/aromatic N) is 1. The van der Waals surface area contributed by atoms with Crippen molar-refractivity contribution in [2.45, 2.75) is 13.0 Å². The lowest BCUT2D eigenvalue weighted by molar-refractivity contribution is 0.194. The highest BCUT2D eigenvalue weighted by atomic mass is 79.9. The molecule has 1 heterocycles. The van der Waals surface area contributed by atoms with Gasteiger partial charge in [-0.1, -0.05) is 0 Å². The summed E-state index contributed by atoms with van der Waals surface area (Å²) in [5, 5.41) is 9.04. The maximum Gasteiger partial charge on any atom is 0.147 e. The number of hydrogen-bond acceptors (Lipinski definition) is 2. The van der Waals surface area contributed by atoms with E-state index in [1.54, 1.807) is 0 Å². The van der Waals surface area contributed by atoms with Crippen LogP contribution >= 0.6 is 15.9 Å². The number of halogens is 2. The van der Waals surface area contributed by atoms with Crippen molar-refractivity contribution in [1.29, 1.82) is 0 Å². The Hall–Kier alpha value is -0.480. The molecule has 0 amide bonds. The molecule has 1 atom stereocenters. The summed E-state index contributed by atoms with van der Waals surface area (Å²) < 4.78 is 13.3. The normalized spacial score (nSPS) is 13.1. The van der Waals surface area contributed by atoms with Gasteiger partial charge >= 0.3 is 0 Å². The van der Waals surface area contributed by atoms with Crippen molar-refractivity contribution < 1.29 is 9.50 Å². The standard InChI is InChI=1S/C7H7BrFNO/c1-4(11)5-2-7(8)10-3-6(5)9/h2-4,11H,1H3/t4-/m0/s1. The fraction of sp³-hybridized carbons (Fsp3) is 0.286. The SMILES string of the molecule is C[C@H](O)c1cc(Br)ncc1F. The van der Waals surface area contributed by atoms with E-state index in [4.69, 9.17) is 5.11 Å². The Morgan fingerprint density at radius 3 is 2.82 bits per heavy atom. The number of pyridine rings is 1. The molecular formula is C7H7BrFNO. The molecule has 60 valence electrons. The van der Waals surface area contributed by atoms with E-state index in [-0.39, 0.29) is 5.56 Å². The smallest absolute Gasteiger partial charge is 0.147 e. The van der Waals surface area contributed by atoms with Crippen LogP contribution in [0.25, 0.3) is 0 Å². The minimum absolute atomic E-state index is 0.256. The molecule has 0 saturated carbocycles. The minimum Gasteiger partial charge on any atom is -0.389 e. The summed E-state index contributed by atoms with van der Waals surface area (Å²) in [6, 6.07) is 1.46. The van der Waals surface area contributed by atoms with Gasteiger partial charge in [0, 0.05) is 5.56 Å². The van der Waals surface area contributed by atoms with Crippen LogP contribution in [-0.2, 0) is 0 Å². The highest BCUT2D eigenvalue weighted by Crippen LogP contribution is 2.18. The van der Waals surface area contributed by atoms with E-state index in [0.717, 1.165) is 6.20 Å². The lowest BCUT2D eigenvalue weighted by Gasteiger charge is -2.04. The second-order valence-electron chi connectivity index (χ2n) is 2.20. The van der Waals surface area contributed by atoms with E-state index in [0.29, 0.717) is 4.60 Å². The molecule has 0 bridgehead atoms. The third-order valence-corrected chi connectivity index (χ3v) is 1.74. The van der Waals surface area contributed by atoms with Gasteiger partial charge in [0.05, 0.1) is 12.3 Å². The van der Waals surface area contributed by atoms with Crippen LogP contribution in [0.4, 0.5) is 4.39 Å². The van der Waals surface area contributed by atoms with Crippen LogP contribution in [0.3, 0.4) is 0 Å². The van der Waals surface area contributed by atoms with Gasteiger partial charge in [-0.25, -0.2) is 9.37 Å². The van der Waals surface area contributed by atoms with Crippen LogP contribution < -0.4 is 0 Å². The van der Waals surface area contributed by atoms with Crippen molar-refractivity contribution in [2.24, 2.45) is 0 Å². The van der Waals surface area contributed by atoms with Crippen molar-refractivity contribution in [1.82, 2.24) is 4.98 Å². The number of aliphatic hydroxyl groups excluding tert-OH is 1. The summed E-state index contributed by atoms with van der Waals surface area (Å²) in [5.74, 6) is -0.483. The molecule has 1 N–H and O–H groups in total. The summed E-state index contributed by atoms with van der Waals surface area (Å²) in [4.78, 5) is 3.65. The van der Waals surface area contributed by atoms with Crippen LogP contribution in [-0.4, -0.2) is 10.1 Å². The van der Waals surface area contributed by atoms with Crippen molar-refractivity contribution in [3.63, 3.8) is 0 Å². The van der Waals surface area contributed by atoms with Crippen molar-refractivity contribution in [2.75, 3.05) is 0 Å². The number of aromatic nitrogens is 1. The molecule has 1 rings (SSSR count). The predicted octanol–water partition coefficient (Wildman–Crippen LogP) is 2.04. The molecule has 1 aromatic heterocycles. The van der Waals surface area contributed by atoms with E-state index in [2.05, 4.69) is 20.9 Å². The van der Waals surface area contributed by atoms with Crippen LogP contribution in [0, 0.1) is 5.82 Å². The Morgan fingerprint density at radius 2 is 2.36 bits per heavy atom. The van der Waals surface area contributed by atoms with Gasteiger partial charge in [-0.3, -0.25) is 0 Å². The first-order valence-corrected chi connectivity index (χ1v) is 3.89. The molecule has 0 unspecified atom stereocenters. The largest absolute Gasteiger partial charge is 0.389 e. The first-order valence-electron chi connectivity index (χ1n) is 3.10. The molecule has 0 aliphatic rings. The van der Waals surface area contributed by atoms with Gasteiger partial charge in [-0.15, -0.1) is 0 Å². The summed E-state index contributed by atoms with van der Waals surface area (Å²) in [5.41, 5.74) is 0.256. The van der Waals surface area contributed by atoms with Gasteiger partial charge in [-0.2, -0.15) is 0 Å². The van der Waals surface area contributed by atoms with Crippen LogP contribution in [0.1, 0.15) is 18.6 Å². The average Bonchev–Trinajstić information content (AvgIpc) is 1.94. The molecule has 4 heteroatoms. The first-order chi connectivity index (χ1) is 5.11. The van der Waals surface area contributed by atoms with E-state index < -0.39 is 11.9 Å². The summed E-state index contributed by atoms with van der Waals surface area (Å²) in [6.45, 7) is 1.50. The van der Waals surface area contributed by atoms with Gasteiger partial charge in [0.1, 0.15) is 10.4 Å². The van der Waals surface area contributed by atoms with Crippen molar-refractivity contribution in [3.8, 4) is 0 Å². The highest BCUT2D eigenvalue weighted by molar-refractivity contribution is 9.10. The number of hydrogen-bond donors (Lipinski definition) is 1. The fourth-order valence-electron chi connectivity index (χ4n) is 0.748. The lowest BCUT2D eigenvalue weighted by atomic mass is 10.2. The summed E-state index contributed by atoms with van der Waals surface area (Å²) in [6.07, 6.45) is 0.279. The van der Waals surface area contributed by atoms with E-state index in [1.165, 1.54) is 13.0 Å². The van der Waals surface area contributed by atoms with Gasteiger partial charge in [0.15, 0.2) is 0 Å². The van der Waals surface area contributed by atoms with Crippen molar-refractivity contribution >= 4 is 15.9 Å². The van der Waals surface area contributed by atoms with Crippen LogP contribution in [0.5, 0.6) is 0 Å². The molecule has 1 aromatic rings. The maximum atomic E-state index is 12.8. The van der Waals surface area contributed by atoms with Crippen molar-refractivity contribution in [3.05, 3.63) is 28.2 Å². The topological polar surface area (TPSA) is 33.1 Å². The van der Waals surface area contributed by atoms with E-state index in [9.17, 15) is 4.39 Å². The van der Waals surface area contributed by atoms with Gasteiger partial charge < -0.3 is 5.11 Å². The fourth-order valence-corrected chi connectivity index (χ4v) is 1.10. The molecule has 0 aromatic carbocycles. The highest BCUT2D eigenvalue weighted by Gasteiger charge is 2.08. The second-order valence-corrected chi connectivity index (χ2v) is 3.02. The Labute approximate surface area is 72.2 Å². The van der Waals surface area contributed by atoms with Gasteiger partial charge in [0.2, 0.25) is 0 Å². The molecule has 0 saturated heterocycles. The number of aliphatic hydroxyl groups is 1. The molecule has 0 spiro atoms. The molecular weight excluding hydrogens is 213 g/mol. The van der Waals surface area contributed by atoms with E-state index >= 15 is 0 Å². The molecule has 0 fully saturated rings. The van der Waals surface area contributed by atoms with Gasteiger partial charge in [0.25, 0.3) is 0 Å². The van der Waals surface area contributed by atoms with Crippen LogP contribution in [0.15, 0.2) is 16.9 Å². The molecule has 11 heavy (non-hydrogen) atoms. The zero-order valence-corrected chi connectivity index (χ0v) is 7.47. The van der Waals surface area contributed by atoms with Gasteiger partial charge in [-0.05, 0) is 28.9 Å². The Morgan fingerprint density at radius 1 is 1.73 bits per heavy atom. The van der Waals surface area contributed by atoms with E-state index in [1.807, 2.05) is 0 Å². The molecule has 0 aliphatic carbocycles. The van der Waals surface area contributed by atoms with Crippen LogP contribution in [0.2, 0.25) is 0 Å². The summed E-state index contributed by atoms with van der Waals surface area (Å²) >= 11 is 3.08. The zero-order chi connectivity index (χ0) is 8.43. The molecule has 0 radical (unpaired) electrons. The average molecular weight is 220 g/mol. The Balaban J connectivity index is 3.13. The first kappa shape index (κ1) is 8.62. The third kappa shape index (κ3) is 1.97. The number of rotatable bonds is 1. The second kappa shape index (κ2) is 3.28. The zero-order valence-electron chi connectivity index (χ0n) is 5.88. The lowest BCUT2D eigenvalue weighted by Crippen LogP contribution is -1.96. The molecule has 2 nitrogen and oxygen atoms in total. The quantitative estimate of drug-likeness (QED) is 0.734. The minimum atomic E-state index is -0.797. The maximum absolute atomic E-state index is 12.8. The Kier molecular flexibility index (Phi) is 2.57. The Bertz CT molecular complexity index is 265. The molecule has 0 aliphatic heterocycles.